The molecule has 0 bridgehead atoms. The summed E-state index contributed by atoms with van der Waals surface area (Å²) in [6.07, 6.45) is -0.117. The van der Waals surface area contributed by atoms with Gasteiger partial charge in [0.15, 0.2) is 0 Å². The maximum atomic E-state index is 12.3. The molecule has 0 amide bonds. The van der Waals surface area contributed by atoms with Gasteiger partial charge in [0.2, 0.25) is 0 Å². The van der Waals surface area contributed by atoms with E-state index >= 15 is 0 Å². The lowest BCUT2D eigenvalue weighted by Crippen LogP contribution is -2.16. The van der Waals surface area contributed by atoms with Crippen LogP contribution in [0.1, 0.15) is 5.56 Å². The number of ether oxygens (including phenoxy) is 1. The molecular weight excluding hydrogens is 280 g/mol. The number of carbonyl (C=O) groups excluding carboxylic acids is 1. The van der Waals surface area contributed by atoms with Gasteiger partial charge in [-0.05, 0) is 11.6 Å². The molecule has 110 valence electrons. The third-order valence-electron chi connectivity index (χ3n) is 3.52. The minimum atomic E-state index is -0.511. The second-order valence-corrected chi connectivity index (χ2v) is 4.86. The van der Waals surface area contributed by atoms with Crippen molar-refractivity contribution in [1.82, 2.24) is 0 Å². The zero-order chi connectivity index (χ0) is 15.5. The zero-order valence-corrected chi connectivity index (χ0v) is 12.0. The molecule has 2 aromatic carbocycles. The summed E-state index contributed by atoms with van der Waals surface area (Å²) in [4.78, 5) is 24.0. The molecule has 0 fully saturated rings. The summed E-state index contributed by atoms with van der Waals surface area (Å²) in [5.74, 6) is -0.472. The average molecular weight is 294 g/mol. The molecule has 0 aliphatic rings. The summed E-state index contributed by atoms with van der Waals surface area (Å²) in [5.41, 5.74) is 1.89. The predicted octanol–water partition coefficient (Wildman–Crippen LogP) is 3.18. The molecule has 22 heavy (non-hydrogen) atoms. The largest absolute Gasteiger partial charge is 0.469 e. The molecule has 0 spiro atoms. The van der Waals surface area contributed by atoms with Gasteiger partial charge in [0.1, 0.15) is 5.58 Å². The van der Waals surface area contributed by atoms with Gasteiger partial charge in [-0.15, -0.1) is 0 Å². The number of methoxy groups -OCH3 is 1. The molecule has 0 aliphatic carbocycles. The van der Waals surface area contributed by atoms with Crippen LogP contribution in [-0.4, -0.2) is 13.1 Å². The minimum Gasteiger partial charge on any atom is -0.469 e. The summed E-state index contributed by atoms with van der Waals surface area (Å²) >= 11 is 0. The van der Waals surface area contributed by atoms with E-state index < -0.39 is 11.6 Å². The SMILES string of the molecule is COC(=O)Cc1c(-c2ccccc2)c2ccccc2oc1=O. The van der Waals surface area contributed by atoms with Crippen molar-refractivity contribution in [3.8, 4) is 11.1 Å². The molecule has 0 atom stereocenters. The fourth-order valence-corrected chi connectivity index (χ4v) is 2.50. The molecule has 1 aromatic heterocycles. The van der Waals surface area contributed by atoms with Gasteiger partial charge in [-0.2, -0.15) is 0 Å². The Balaban J connectivity index is 2.35. The van der Waals surface area contributed by atoms with E-state index in [4.69, 9.17) is 9.15 Å². The van der Waals surface area contributed by atoms with Crippen molar-refractivity contribution >= 4 is 16.9 Å². The lowest BCUT2D eigenvalue weighted by atomic mass is 9.95. The quantitative estimate of drug-likeness (QED) is 0.550. The van der Waals surface area contributed by atoms with Gasteiger partial charge >= 0.3 is 11.6 Å². The fourth-order valence-electron chi connectivity index (χ4n) is 2.50. The van der Waals surface area contributed by atoms with Crippen LogP contribution in [0.2, 0.25) is 0 Å². The maximum absolute atomic E-state index is 12.3. The molecule has 4 nitrogen and oxygen atoms in total. The lowest BCUT2D eigenvalue weighted by molar-refractivity contribution is -0.139. The first-order valence-electron chi connectivity index (χ1n) is 6.87. The standard InChI is InChI=1S/C18H14O4/c1-21-16(19)11-14-17(12-7-3-2-4-8-12)13-9-5-6-10-15(13)22-18(14)20/h2-10H,11H2,1H3. The van der Waals surface area contributed by atoms with E-state index in [-0.39, 0.29) is 6.42 Å². The van der Waals surface area contributed by atoms with Crippen LogP contribution in [-0.2, 0) is 16.0 Å². The van der Waals surface area contributed by atoms with E-state index in [1.54, 1.807) is 12.1 Å². The predicted molar refractivity (Wildman–Crippen MR) is 83.6 cm³/mol. The maximum Gasteiger partial charge on any atom is 0.340 e. The van der Waals surface area contributed by atoms with Crippen molar-refractivity contribution < 1.29 is 13.9 Å². The Morgan fingerprint density at radius 3 is 2.45 bits per heavy atom. The van der Waals surface area contributed by atoms with Crippen LogP contribution in [0.3, 0.4) is 0 Å². The third-order valence-corrected chi connectivity index (χ3v) is 3.52. The first-order chi connectivity index (χ1) is 10.7. The monoisotopic (exact) mass is 294 g/mol. The van der Waals surface area contributed by atoms with Crippen molar-refractivity contribution in [3.05, 3.63) is 70.6 Å². The first kappa shape index (κ1) is 14.1. The highest BCUT2D eigenvalue weighted by Crippen LogP contribution is 2.30. The summed E-state index contributed by atoms with van der Waals surface area (Å²) in [5, 5.41) is 0.798. The van der Waals surface area contributed by atoms with Gasteiger partial charge < -0.3 is 9.15 Å². The second kappa shape index (κ2) is 5.85. The molecule has 0 unspecified atom stereocenters. The van der Waals surface area contributed by atoms with Crippen molar-refractivity contribution in [2.75, 3.05) is 7.11 Å². The summed E-state index contributed by atoms with van der Waals surface area (Å²) in [6.45, 7) is 0. The van der Waals surface area contributed by atoms with E-state index in [0.717, 1.165) is 16.5 Å². The van der Waals surface area contributed by atoms with Crippen molar-refractivity contribution in [1.29, 1.82) is 0 Å². The lowest BCUT2D eigenvalue weighted by Gasteiger charge is -2.11. The molecule has 0 saturated heterocycles. The Morgan fingerprint density at radius 2 is 1.73 bits per heavy atom. The van der Waals surface area contributed by atoms with E-state index in [1.807, 2.05) is 42.5 Å². The van der Waals surface area contributed by atoms with Crippen LogP contribution in [0.5, 0.6) is 0 Å². The van der Waals surface area contributed by atoms with E-state index in [0.29, 0.717) is 11.1 Å². The average Bonchev–Trinajstić information content (AvgIpc) is 2.56. The normalized spacial score (nSPS) is 10.6. The summed E-state index contributed by atoms with van der Waals surface area (Å²) < 4.78 is 10.0. The molecule has 1 heterocycles. The molecule has 0 aliphatic heterocycles. The van der Waals surface area contributed by atoms with Crippen LogP contribution in [0.25, 0.3) is 22.1 Å². The number of hydrogen-bond acceptors (Lipinski definition) is 4. The van der Waals surface area contributed by atoms with E-state index in [2.05, 4.69) is 0 Å². The molecule has 0 saturated carbocycles. The molecule has 3 rings (SSSR count). The summed E-state index contributed by atoms with van der Waals surface area (Å²) in [6, 6.07) is 16.8. The number of benzene rings is 2. The van der Waals surface area contributed by atoms with E-state index in [1.165, 1.54) is 7.11 Å². The van der Waals surface area contributed by atoms with Gasteiger partial charge in [0.25, 0.3) is 0 Å². The van der Waals surface area contributed by atoms with Gasteiger partial charge in [-0.25, -0.2) is 4.79 Å². The molecule has 4 heteroatoms. The Hall–Kier alpha value is -2.88. The molecule has 3 aromatic rings. The second-order valence-electron chi connectivity index (χ2n) is 4.86. The number of fused-ring (bicyclic) bond motifs is 1. The van der Waals surface area contributed by atoms with Crippen LogP contribution >= 0.6 is 0 Å². The smallest absolute Gasteiger partial charge is 0.340 e. The highest BCUT2D eigenvalue weighted by atomic mass is 16.5. The Bertz CT molecular complexity index is 878. The van der Waals surface area contributed by atoms with Crippen LogP contribution in [0, 0.1) is 0 Å². The number of para-hydroxylation sites is 1. The van der Waals surface area contributed by atoms with Crippen molar-refractivity contribution in [2.45, 2.75) is 6.42 Å². The van der Waals surface area contributed by atoms with Gasteiger partial charge in [-0.3, -0.25) is 4.79 Å². The van der Waals surface area contributed by atoms with Gasteiger partial charge in [-0.1, -0.05) is 48.5 Å². The zero-order valence-electron chi connectivity index (χ0n) is 12.0. The Kier molecular flexibility index (Phi) is 3.74. The van der Waals surface area contributed by atoms with Crippen molar-refractivity contribution in [3.63, 3.8) is 0 Å². The van der Waals surface area contributed by atoms with Gasteiger partial charge in [0.05, 0.1) is 19.1 Å². The van der Waals surface area contributed by atoms with Gasteiger partial charge in [0, 0.05) is 10.9 Å². The number of hydrogen-bond donors (Lipinski definition) is 0. The molecule has 0 N–H and O–H groups in total. The van der Waals surface area contributed by atoms with Crippen LogP contribution < -0.4 is 5.63 Å². The number of carbonyl (C=O) groups is 1. The minimum absolute atomic E-state index is 0.117. The number of rotatable bonds is 3. The molecular formula is C18H14O4. The van der Waals surface area contributed by atoms with Crippen molar-refractivity contribution in [2.24, 2.45) is 0 Å². The highest BCUT2D eigenvalue weighted by Gasteiger charge is 2.18. The van der Waals surface area contributed by atoms with Crippen LogP contribution in [0.15, 0.2) is 63.8 Å². The van der Waals surface area contributed by atoms with E-state index in [9.17, 15) is 9.59 Å². The highest BCUT2D eigenvalue weighted by molar-refractivity contribution is 5.96. The fraction of sp³-hybridized carbons (Fsp3) is 0.111. The molecule has 0 radical (unpaired) electrons. The third kappa shape index (κ3) is 2.51. The Morgan fingerprint density at radius 1 is 1.05 bits per heavy atom. The summed E-state index contributed by atoms with van der Waals surface area (Å²) in [7, 11) is 1.30. The Labute approximate surface area is 127 Å². The van der Waals surface area contributed by atoms with Crippen LogP contribution in [0.4, 0.5) is 0 Å². The number of esters is 1. The first-order valence-corrected chi connectivity index (χ1v) is 6.87. The topological polar surface area (TPSA) is 56.5 Å².